The van der Waals surface area contributed by atoms with Crippen molar-refractivity contribution in [1.29, 1.82) is 0 Å². The first kappa shape index (κ1) is 26.1. The Morgan fingerprint density at radius 3 is 2.32 bits per heavy atom. The average Bonchev–Trinajstić information content (AvgIpc) is 3.40. The molecule has 0 saturated carbocycles. The molecule has 2 heterocycles. The minimum Gasteiger partial charge on any atom is -0.361 e. The van der Waals surface area contributed by atoms with Gasteiger partial charge in [0.15, 0.2) is 11.6 Å². The van der Waals surface area contributed by atoms with Crippen molar-refractivity contribution >= 4 is 46.3 Å². The summed E-state index contributed by atoms with van der Waals surface area (Å²) in [5.41, 5.74) is 2.41. The van der Waals surface area contributed by atoms with Crippen LogP contribution in [0.25, 0.3) is 0 Å². The number of hydrogen-bond donors (Lipinski definition) is 2. The quantitative estimate of drug-likeness (QED) is 0.453. The monoisotopic (exact) mass is 457 g/mol. The van der Waals surface area contributed by atoms with Crippen molar-refractivity contribution in [3.63, 3.8) is 0 Å². The molecule has 0 fully saturated rings. The number of anilines is 3. The van der Waals surface area contributed by atoms with Crippen LogP contribution in [-0.2, 0) is 6.54 Å². The standard InChI is InChI=1S/C17H19N5OS2.C4H10.C2H2/c1-11-13(17(23)22(2)3)7-4-8-14(11)19-16-15(20-25-21-16)18-10-12-6-5-9-24-12;1-4(2)3;1-2/h4-9H,10H2,1-3H3,(H,18,20)(H,19,21);4H,1-3H3;1-2H. The van der Waals surface area contributed by atoms with E-state index in [9.17, 15) is 4.79 Å². The summed E-state index contributed by atoms with van der Waals surface area (Å²) in [4.78, 5) is 15.1. The molecule has 2 N–H and O–H groups in total. The molecule has 2 aromatic heterocycles. The summed E-state index contributed by atoms with van der Waals surface area (Å²) in [5.74, 6) is 2.19. The molecule has 0 unspecified atom stereocenters. The van der Waals surface area contributed by atoms with E-state index in [0.29, 0.717) is 23.7 Å². The maximum atomic E-state index is 12.3. The summed E-state index contributed by atoms with van der Waals surface area (Å²) in [5, 5.41) is 8.64. The van der Waals surface area contributed by atoms with Crippen molar-refractivity contribution < 1.29 is 4.79 Å². The van der Waals surface area contributed by atoms with Gasteiger partial charge in [0.1, 0.15) is 0 Å². The Balaban J connectivity index is 0.000000720. The van der Waals surface area contributed by atoms with Gasteiger partial charge in [0.25, 0.3) is 5.91 Å². The van der Waals surface area contributed by atoms with E-state index in [0.717, 1.165) is 28.9 Å². The molecule has 0 aliphatic carbocycles. The largest absolute Gasteiger partial charge is 0.361 e. The van der Waals surface area contributed by atoms with Crippen LogP contribution in [0.15, 0.2) is 35.7 Å². The van der Waals surface area contributed by atoms with Crippen LogP contribution >= 0.6 is 23.1 Å². The number of carbonyl (C=O) groups excluding carboxylic acids is 1. The Kier molecular flexibility index (Phi) is 11.3. The third-order valence-corrected chi connectivity index (χ3v) is 5.13. The smallest absolute Gasteiger partial charge is 0.253 e. The second kappa shape index (κ2) is 13.4. The maximum Gasteiger partial charge on any atom is 0.253 e. The molecule has 0 saturated heterocycles. The van der Waals surface area contributed by atoms with E-state index in [1.807, 2.05) is 36.6 Å². The van der Waals surface area contributed by atoms with Gasteiger partial charge in [0, 0.05) is 30.2 Å². The molecule has 0 aliphatic heterocycles. The minimum absolute atomic E-state index is 0.0198. The number of terminal acetylenes is 1. The fourth-order valence-corrected chi connectivity index (χ4v) is 3.47. The third-order valence-electron chi connectivity index (χ3n) is 3.72. The van der Waals surface area contributed by atoms with E-state index >= 15 is 0 Å². The third kappa shape index (κ3) is 8.40. The number of hydrogen-bond acceptors (Lipinski definition) is 7. The Bertz CT molecular complexity index is 943. The summed E-state index contributed by atoms with van der Waals surface area (Å²) in [7, 11) is 3.50. The number of nitrogens with zero attached hydrogens (tertiary/aromatic N) is 3. The van der Waals surface area contributed by atoms with Crippen LogP contribution in [-0.4, -0.2) is 33.6 Å². The molecular formula is C23H31N5OS2. The first-order valence-electron chi connectivity index (χ1n) is 9.80. The summed E-state index contributed by atoms with van der Waals surface area (Å²) in [6.45, 7) is 9.13. The highest BCUT2D eigenvalue weighted by atomic mass is 32.1. The van der Waals surface area contributed by atoms with Crippen LogP contribution in [0.3, 0.4) is 0 Å². The highest BCUT2D eigenvalue weighted by Gasteiger charge is 2.15. The predicted molar refractivity (Wildman–Crippen MR) is 134 cm³/mol. The highest BCUT2D eigenvalue weighted by Crippen LogP contribution is 2.28. The topological polar surface area (TPSA) is 70.1 Å². The molecule has 1 aromatic carbocycles. The predicted octanol–water partition coefficient (Wildman–Crippen LogP) is 5.88. The van der Waals surface area contributed by atoms with E-state index in [4.69, 9.17) is 0 Å². The number of rotatable bonds is 6. The van der Waals surface area contributed by atoms with Crippen LogP contribution in [0.2, 0.25) is 0 Å². The van der Waals surface area contributed by atoms with Crippen LogP contribution in [0.5, 0.6) is 0 Å². The first-order chi connectivity index (χ1) is 14.8. The summed E-state index contributed by atoms with van der Waals surface area (Å²) in [6.07, 6.45) is 8.00. The fourth-order valence-electron chi connectivity index (χ4n) is 2.34. The highest BCUT2D eigenvalue weighted by molar-refractivity contribution is 7.09. The van der Waals surface area contributed by atoms with Crippen molar-refractivity contribution in [1.82, 2.24) is 13.6 Å². The Morgan fingerprint density at radius 1 is 1.10 bits per heavy atom. The fraction of sp³-hybridized carbons (Fsp3) is 0.348. The molecule has 0 atom stereocenters. The lowest BCUT2D eigenvalue weighted by atomic mass is 10.1. The number of aromatic nitrogens is 2. The Hall–Kier alpha value is -2.89. The van der Waals surface area contributed by atoms with Crippen LogP contribution in [0.1, 0.15) is 41.6 Å². The zero-order valence-electron chi connectivity index (χ0n) is 19.0. The number of thiophene rings is 1. The maximum absolute atomic E-state index is 12.3. The van der Waals surface area contributed by atoms with Crippen molar-refractivity contribution in [2.75, 3.05) is 24.7 Å². The molecule has 0 spiro atoms. The van der Waals surface area contributed by atoms with Gasteiger partial charge in [0.2, 0.25) is 0 Å². The van der Waals surface area contributed by atoms with Crippen molar-refractivity contribution in [3.05, 3.63) is 51.7 Å². The van der Waals surface area contributed by atoms with Crippen molar-refractivity contribution in [2.24, 2.45) is 5.92 Å². The Morgan fingerprint density at radius 2 is 1.74 bits per heavy atom. The van der Waals surface area contributed by atoms with Gasteiger partial charge in [-0.2, -0.15) is 8.75 Å². The molecule has 0 bridgehead atoms. The number of amides is 1. The summed E-state index contributed by atoms with van der Waals surface area (Å²) < 4.78 is 8.64. The van der Waals surface area contributed by atoms with Gasteiger partial charge >= 0.3 is 0 Å². The second-order valence-electron chi connectivity index (χ2n) is 7.43. The van der Waals surface area contributed by atoms with Crippen molar-refractivity contribution in [3.8, 4) is 12.8 Å². The molecule has 8 heteroatoms. The zero-order valence-corrected chi connectivity index (χ0v) is 20.6. The van der Waals surface area contributed by atoms with Gasteiger partial charge in [-0.25, -0.2) is 0 Å². The zero-order chi connectivity index (χ0) is 23.4. The van der Waals surface area contributed by atoms with E-state index < -0.39 is 0 Å². The van der Waals surface area contributed by atoms with E-state index in [1.165, 1.54) is 4.88 Å². The van der Waals surface area contributed by atoms with Gasteiger partial charge in [-0.1, -0.05) is 32.9 Å². The number of nitrogens with one attached hydrogen (secondary N) is 2. The van der Waals surface area contributed by atoms with Crippen LogP contribution < -0.4 is 10.6 Å². The number of carbonyl (C=O) groups is 1. The van der Waals surface area contributed by atoms with Crippen LogP contribution in [0, 0.1) is 25.7 Å². The second-order valence-corrected chi connectivity index (χ2v) is 8.99. The minimum atomic E-state index is -0.0198. The molecule has 166 valence electrons. The molecule has 0 aliphatic rings. The lowest BCUT2D eigenvalue weighted by Gasteiger charge is -2.15. The van der Waals surface area contributed by atoms with Crippen molar-refractivity contribution in [2.45, 2.75) is 34.2 Å². The van der Waals surface area contributed by atoms with Gasteiger partial charge < -0.3 is 15.5 Å². The SMILES string of the molecule is C#C.CC(C)C.Cc1c(Nc2nsnc2NCc2cccs2)cccc1C(=O)N(C)C. The normalized spacial score (nSPS) is 9.71. The molecule has 0 radical (unpaired) electrons. The van der Waals surface area contributed by atoms with Crippen LogP contribution in [0.4, 0.5) is 17.3 Å². The first-order valence-corrected chi connectivity index (χ1v) is 11.4. The molecule has 3 rings (SSSR count). The summed E-state index contributed by atoms with van der Waals surface area (Å²) >= 11 is 2.84. The molecule has 31 heavy (non-hydrogen) atoms. The Labute approximate surface area is 194 Å². The van der Waals surface area contributed by atoms with Gasteiger partial charge in [-0.05, 0) is 42.0 Å². The molecule has 1 amide bonds. The summed E-state index contributed by atoms with van der Waals surface area (Å²) in [6, 6.07) is 9.73. The lowest BCUT2D eigenvalue weighted by molar-refractivity contribution is 0.0827. The van der Waals surface area contributed by atoms with Gasteiger partial charge in [-0.3, -0.25) is 4.79 Å². The molecular weight excluding hydrogens is 426 g/mol. The van der Waals surface area contributed by atoms with E-state index in [1.54, 1.807) is 30.3 Å². The van der Waals surface area contributed by atoms with E-state index in [-0.39, 0.29) is 5.91 Å². The number of benzene rings is 1. The van der Waals surface area contributed by atoms with Gasteiger partial charge in [-0.15, -0.1) is 24.2 Å². The average molecular weight is 458 g/mol. The van der Waals surface area contributed by atoms with Gasteiger partial charge in [0.05, 0.1) is 18.3 Å². The molecule has 3 aromatic rings. The van der Waals surface area contributed by atoms with E-state index in [2.05, 4.69) is 59.1 Å². The lowest BCUT2D eigenvalue weighted by Crippen LogP contribution is -2.22. The molecule has 6 nitrogen and oxygen atoms in total.